The molecule has 2 N–H and O–H groups in total. The molecule has 1 amide bonds. The molecule has 1 aromatic carbocycles. The molecule has 8 nitrogen and oxygen atoms in total. The zero-order chi connectivity index (χ0) is 21.0. The number of amides is 1. The molecule has 9 heteroatoms. The van der Waals surface area contributed by atoms with E-state index in [1.165, 1.54) is 28.6 Å². The lowest BCUT2D eigenvalue weighted by Gasteiger charge is -2.29. The summed E-state index contributed by atoms with van der Waals surface area (Å²) in [5, 5.41) is 3.15. The second-order valence-electron chi connectivity index (χ2n) is 7.44. The summed E-state index contributed by atoms with van der Waals surface area (Å²) in [7, 11) is -2.08. The Kier molecular flexibility index (Phi) is 6.71. The highest BCUT2D eigenvalue weighted by atomic mass is 32.2. The van der Waals surface area contributed by atoms with Gasteiger partial charge in [-0.3, -0.25) is 9.59 Å². The van der Waals surface area contributed by atoms with Crippen molar-refractivity contribution in [2.75, 3.05) is 33.4 Å². The van der Waals surface area contributed by atoms with Crippen molar-refractivity contribution in [1.82, 2.24) is 14.6 Å². The second-order valence-corrected chi connectivity index (χ2v) is 9.38. The van der Waals surface area contributed by atoms with E-state index in [1.54, 1.807) is 7.11 Å². The number of sulfonamides is 1. The third-order valence-electron chi connectivity index (χ3n) is 5.25. The van der Waals surface area contributed by atoms with Crippen molar-refractivity contribution in [3.05, 3.63) is 40.2 Å². The number of piperidine rings is 1. The first-order valence-electron chi connectivity index (χ1n) is 9.77. The van der Waals surface area contributed by atoms with Gasteiger partial charge in [-0.15, -0.1) is 0 Å². The third kappa shape index (κ3) is 4.85. The first kappa shape index (κ1) is 21.5. The van der Waals surface area contributed by atoms with E-state index in [-0.39, 0.29) is 10.5 Å². The van der Waals surface area contributed by atoms with Crippen LogP contribution in [0.2, 0.25) is 0 Å². The molecule has 1 aliphatic heterocycles. The molecule has 3 rings (SSSR count). The fraction of sp³-hybridized carbons (Fsp3) is 0.500. The molecule has 2 heterocycles. The maximum Gasteiger partial charge on any atom is 0.252 e. The van der Waals surface area contributed by atoms with Gasteiger partial charge >= 0.3 is 0 Å². The Hall–Kier alpha value is -2.23. The molecule has 0 aliphatic carbocycles. The highest BCUT2D eigenvalue weighted by Crippen LogP contribution is 2.26. The molecule has 0 radical (unpaired) electrons. The van der Waals surface area contributed by atoms with Crippen LogP contribution in [0.4, 0.5) is 0 Å². The topological polar surface area (TPSA) is 109 Å². The summed E-state index contributed by atoms with van der Waals surface area (Å²) in [5.41, 5.74) is 0.163. The maximum absolute atomic E-state index is 13.1. The van der Waals surface area contributed by atoms with Crippen LogP contribution in [0.25, 0.3) is 10.9 Å². The van der Waals surface area contributed by atoms with Crippen molar-refractivity contribution in [3.8, 4) is 0 Å². The van der Waals surface area contributed by atoms with Gasteiger partial charge in [0.1, 0.15) is 0 Å². The lowest BCUT2D eigenvalue weighted by atomic mass is 10.0. The fourth-order valence-corrected chi connectivity index (χ4v) is 4.97. The number of nitrogens with one attached hydrogen (secondary N) is 2. The van der Waals surface area contributed by atoms with Crippen molar-refractivity contribution in [2.24, 2.45) is 5.92 Å². The van der Waals surface area contributed by atoms with Gasteiger partial charge in [0.15, 0.2) is 0 Å². The van der Waals surface area contributed by atoms with E-state index in [2.05, 4.69) is 17.2 Å². The van der Waals surface area contributed by atoms with Crippen LogP contribution in [-0.4, -0.2) is 57.0 Å². The van der Waals surface area contributed by atoms with Gasteiger partial charge < -0.3 is 15.0 Å². The second kappa shape index (κ2) is 9.06. The number of hydrogen-bond donors (Lipinski definition) is 2. The summed E-state index contributed by atoms with van der Waals surface area (Å²) in [6.45, 7) is 3.99. The molecule has 0 saturated carbocycles. The van der Waals surface area contributed by atoms with Crippen molar-refractivity contribution in [2.45, 2.75) is 31.1 Å². The minimum absolute atomic E-state index is 0.125. The zero-order valence-electron chi connectivity index (χ0n) is 16.7. The van der Waals surface area contributed by atoms with E-state index in [9.17, 15) is 18.0 Å². The number of aromatic amines is 1. The predicted octanol–water partition coefficient (Wildman–Crippen LogP) is 1.72. The average molecular weight is 422 g/mol. The van der Waals surface area contributed by atoms with Crippen LogP contribution in [-0.2, 0) is 14.8 Å². The summed E-state index contributed by atoms with van der Waals surface area (Å²) in [4.78, 5) is 27.4. The molecular weight excluding hydrogens is 394 g/mol. The van der Waals surface area contributed by atoms with Gasteiger partial charge in [0.25, 0.3) is 5.91 Å². The molecule has 0 atom stereocenters. The third-order valence-corrected chi connectivity index (χ3v) is 7.14. The Morgan fingerprint density at radius 1 is 1.28 bits per heavy atom. The van der Waals surface area contributed by atoms with Crippen LogP contribution in [0, 0.1) is 5.92 Å². The van der Waals surface area contributed by atoms with E-state index in [4.69, 9.17) is 4.74 Å². The molecule has 1 aliphatic rings. The van der Waals surface area contributed by atoms with Gasteiger partial charge in [-0.1, -0.05) is 6.92 Å². The Morgan fingerprint density at radius 3 is 2.69 bits per heavy atom. The van der Waals surface area contributed by atoms with E-state index < -0.39 is 21.5 Å². The SMILES string of the molecule is COCCCNC(=O)c1cc(=O)[nH]c2ccc(S(=O)(=O)N3CCC(C)CC3)cc12. The van der Waals surface area contributed by atoms with Crippen LogP contribution in [0.3, 0.4) is 0 Å². The Balaban J connectivity index is 1.95. The number of carbonyl (C=O) groups excluding carboxylic acids is 1. The monoisotopic (exact) mass is 421 g/mol. The fourth-order valence-electron chi connectivity index (χ4n) is 3.47. The van der Waals surface area contributed by atoms with Gasteiger partial charge in [0.2, 0.25) is 15.6 Å². The molecule has 158 valence electrons. The molecule has 2 aromatic rings. The summed E-state index contributed by atoms with van der Waals surface area (Å²) >= 11 is 0. The Morgan fingerprint density at radius 2 is 2.00 bits per heavy atom. The molecule has 1 fully saturated rings. The van der Waals surface area contributed by atoms with Crippen LogP contribution in [0.1, 0.15) is 36.5 Å². The Labute approximate surface area is 170 Å². The maximum atomic E-state index is 13.1. The number of rotatable bonds is 7. The highest BCUT2D eigenvalue weighted by molar-refractivity contribution is 7.89. The largest absolute Gasteiger partial charge is 0.385 e. The quantitative estimate of drug-likeness (QED) is 0.662. The number of fused-ring (bicyclic) bond motifs is 1. The minimum Gasteiger partial charge on any atom is -0.385 e. The lowest BCUT2D eigenvalue weighted by molar-refractivity contribution is 0.0950. The van der Waals surface area contributed by atoms with Gasteiger partial charge in [-0.25, -0.2) is 8.42 Å². The molecule has 1 aromatic heterocycles. The molecular formula is C20H27N3O5S. The number of pyridine rings is 1. The first-order chi connectivity index (χ1) is 13.8. The predicted molar refractivity (Wildman–Crippen MR) is 111 cm³/mol. The average Bonchev–Trinajstić information content (AvgIpc) is 2.70. The van der Waals surface area contributed by atoms with Gasteiger partial charge in [-0.2, -0.15) is 4.31 Å². The van der Waals surface area contributed by atoms with E-state index in [0.29, 0.717) is 49.5 Å². The summed E-state index contributed by atoms with van der Waals surface area (Å²) < 4.78 is 32.6. The van der Waals surface area contributed by atoms with Gasteiger partial charge in [0, 0.05) is 50.3 Å². The molecule has 0 unspecified atom stereocenters. The van der Waals surface area contributed by atoms with Crippen molar-refractivity contribution in [3.63, 3.8) is 0 Å². The number of carbonyl (C=O) groups is 1. The van der Waals surface area contributed by atoms with Crippen molar-refractivity contribution in [1.29, 1.82) is 0 Å². The number of ether oxygens (including phenoxy) is 1. The van der Waals surface area contributed by atoms with Crippen LogP contribution in [0.5, 0.6) is 0 Å². The van der Waals surface area contributed by atoms with Crippen LogP contribution < -0.4 is 10.9 Å². The van der Waals surface area contributed by atoms with Gasteiger partial charge in [-0.05, 0) is 43.4 Å². The number of benzene rings is 1. The molecule has 0 bridgehead atoms. The van der Waals surface area contributed by atoms with Crippen LogP contribution >= 0.6 is 0 Å². The van der Waals surface area contributed by atoms with Crippen molar-refractivity contribution < 1.29 is 17.9 Å². The summed E-state index contributed by atoms with van der Waals surface area (Å²) in [5.74, 6) is 0.0927. The Bertz CT molecular complexity index is 1040. The van der Waals surface area contributed by atoms with Gasteiger partial charge in [0.05, 0.1) is 10.5 Å². The van der Waals surface area contributed by atoms with Crippen molar-refractivity contribution >= 4 is 26.8 Å². The number of aromatic nitrogens is 1. The molecule has 1 saturated heterocycles. The number of nitrogens with zero attached hydrogens (tertiary/aromatic N) is 1. The standard InChI is InChI=1S/C20H27N3O5S/c1-14-6-9-23(10-7-14)29(26,27)15-4-5-18-16(12-15)17(13-19(24)22-18)20(25)21-8-3-11-28-2/h4-5,12-14H,3,6-11H2,1-2H3,(H,21,25)(H,22,24). The number of methoxy groups -OCH3 is 1. The van der Waals surface area contributed by atoms with E-state index in [0.717, 1.165) is 12.8 Å². The first-order valence-corrected chi connectivity index (χ1v) is 11.2. The number of hydrogen-bond acceptors (Lipinski definition) is 5. The molecule has 0 spiro atoms. The van der Waals surface area contributed by atoms with E-state index in [1.807, 2.05) is 0 Å². The zero-order valence-corrected chi connectivity index (χ0v) is 17.5. The van der Waals surface area contributed by atoms with Crippen LogP contribution in [0.15, 0.2) is 34.0 Å². The minimum atomic E-state index is -3.66. The molecule has 29 heavy (non-hydrogen) atoms. The summed E-state index contributed by atoms with van der Waals surface area (Å²) in [6, 6.07) is 5.69. The number of H-pyrrole nitrogens is 1. The normalized spacial score (nSPS) is 16.2. The summed E-state index contributed by atoms with van der Waals surface area (Å²) in [6.07, 6.45) is 2.29. The lowest BCUT2D eigenvalue weighted by Crippen LogP contribution is -2.37. The smallest absolute Gasteiger partial charge is 0.252 e. The highest BCUT2D eigenvalue weighted by Gasteiger charge is 2.28. The van der Waals surface area contributed by atoms with E-state index >= 15 is 0 Å².